The molecule has 0 bridgehead atoms. The van der Waals surface area contributed by atoms with Crippen molar-refractivity contribution in [3.63, 3.8) is 0 Å². The van der Waals surface area contributed by atoms with E-state index in [0.717, 1.165) is 12.8 Å². The predicted octanol–water partition coefficient (Wildman–Crippen LogP) is 0.986. The Morgan fingerprint density at radius 2 is 1.32 bits per heavy atom. The second-order valence-electron chi connectivity index (χ2n) is 6.16. The number of hydrogen-bond donors (Lipinski definition) is 1. The zero-order chi connectivity index (χ0) is 16.1. The summed E-state index contributed by atoms with van der Waals surface area (Å²) >= 11 is 0. The van der Waals surface area contributed by atoms with Gasteiger partial charge in [0.1, 0.15) is 0 Å². The van der Waals surface area contributed by atoms with Crippen molar-refractivity contribution in [1.82, 2.24) is 0 Å². The van der Waals surface area contributed by atoms with Crippen LogP contribution in [-0.2, 0) is 10.1 Å². The summed E-state index contributed by atoms with van der Waals surface area (Å²) < 4.78 is 32.2. The maximum atomic E-state index is 10.7. The molecule has 2 unspecified atom stereocenters. The third kappa shape index (κ3) is 16.4. The topological polar surface area (TPSA) is 77.4 Å². The van der Waals surface area contributed by atoms with Gasteiger partial charge in [0.2, 0.25) is 0 Å². The molecule has 0 aromatic rings. The van der Waals surface area contributed by atoms with Crippen LogP contribution >= 0.6 is 0 Å². The van der Waals surface area contributed by atoms with Gasteiger partial charge in [-0.2, -0.15) is 0 Å². The van der Waals surface area contributed by atoms with Gasteiger partial charge < -0.3 is 9.66 Å². The molecule has 0 radical (unpaired) electrons. The zero-order valence-electron chi connectivity index (χ0n) is 14.7. The third-order valence-corrected chi connectivity index (χ3v) is 5.17. The Balaban J connectivity index is 0. The van der Waals surface area contributed by atoms with Gasteiger partial charge in [0.15, 0.2) is 0 Å². The van der Waals surface area contributed by atoms with Gasteiger partial charge in [-0.1, -0.05) is 71.1 Å². The molecule has 0 heterocycles. The molecule has 4 nitrogen and oxygen atoms in total. The van der Waals surface area contributed by atoms with Gasteiger partial charge in [-0.15, -0.1) is 0 Å². The quantitative estimate of drug-likeness (QED) is 0.285. The maximum absolute atomic E-state index is 10.7. The molecule has 0 spiro atoms. The molecule has 0 amide bonds. The van der Waals surface area contributed by atoms with Gasteiger partial charge >= 0.3 is 51.4 Å². The van der Waals surface area contributed by atoms with Crippen molar-refractivity contribution < 1.29 is 69.5 Å². The fourth-order valence-corrected chi connectivity index (χ4v) is 2.94. The molecular formula is C16H33KO4S. The van der Waals surface area contributed by atoms with Crippen molar-refractivity contribution in [3.05, 3.63) is 0 Å². The Hall–Kier alpha value is 1.51. The van der Waals surface area contributed by atoms with Crippen molar-refractivity contribution in [2.75, 3.05) is 0 Å². The molecule has 0 saturated heterocycles. The largest absolute Gasteiger partial charge is 1.00 e. The van der Waals surface area contributed by atoms with E-state index in [1.54, 1.807) is 0 Å². The monoisotopic (exact) mass is 360 g/mol. The smallest absolute Gasteiger partial charge is 0.748 e. The molecule has 22 heavy (non-hydrogen) atoms. The summed E-state index contributed by atoms with van der Waals surface area (Å²) in [5.41, 5.74) is 0. The van der Waals surface area contributed by atoms with E-state index in [9.17, 15) is 18.1 Å². The predicted molar refractivity (Wildman–Crippen MR) is 86.2 cm³/mol. The van der Waals surface area contributed by atoms with Gasteiger partial charge in [-0.3, -0.25) is 0 Å². The van der Waals surface area contributed by atoms with E-state index in [0.29, 0.717) is 6.42 Å². The van der Waals surface area contributed by atoms with Gasteiger partial charge in [0, 0.05) is 5.25 Å². The summed E-state index contributed by atoms with van der Waals surface area (Å²) in [5, 5.41) is 8.71. The SMILES string of the molecule is CCCCCCCCCCCCC(O)CC(C)S(=O)(=O)[O-].[K+]. The molecule has 6 heteroatoms. The molecular weight excluding hydrogens is 327 g/mol. The Morgan fingerprint density at radius 1 is 0.909 bits per heavy atom. The Bertz CT molecular complexity index is 333. The first-order valence-corrected chi connectivity index (χ1v) is 9.97. The first-order chi connectivity index (χ1) is 9.88. The van der Waals surface area contributed by atoms with Crippen LogP contribution in [0.3, 0.4) is 0 Å². The molecule has 0 aliphatic carbocycles. The van der Waals surface area contributed by atoms with Crippen LogP contribution in [-0.4, -0.2) is 29.4 Å². The average molecular weight is 361 g/mol. The summed E-state index contributed by atoms with van der Waals surface area (Å²) in [6, 6.07) is 0. The second-order valence-corrected chi connectivity index (χ2v) is 7.95. The molecule has 0 aromatic carbocycles. The van der Waals surface area contributed by atoms with Crippen molar-refractivity contribution in [1.29, 1.82) is 0 Å². The minimum atomic E-state index is -4.26. The maximum Gasteiger partial charge on any atom is 1.00 e. The molecule has 0 saturated carbocycles. The van der Waals surface area contributed by atoms with E-state index in [1.807, 2.05) is 0 Å². The summed E-state index contributed by atoms with van der Waals surface area (Å²) in [4.78, 5) is 0. The minimum absolute atomic E-state index is 0. The number of aliphatic hydroxyl groups is 1. The first kappa shape index (κ1) is 25.7. The summed E-state index contributed by atoms with van der Waals surface area (Å²) in [6.45, 7) is 3.59. The van der Waals surface area contributed by atoms with Crippen molar-refractivity contribution in [2.24, 2.45) is 0 Å². The summed E-state index contributed by atoms with van der Waals surface area (Å²) in [5.74, 6) is 0. The molecule has 0 fully saturated rings. The molecule has 0 aliphatic rings. The molecule has 1 N–H and O–H groups in total. The second kappa shape index (κ2) is 16.0. The van der Waals surface area contributed by atoms with E-state index in [-0.39, 0.29) is 57.8 Å². The van der Waals surface area contributed by atoms with Crippen LogP contribution in [0.4, 0.5) is 0 Å². The van der Waals surface area contributed by atoms with Gasteiger partial charge in [0.05, 0.1) is 16.2 Å². The average Bonchev–Trinajstić information content (AvgIpc) is 2.39. The van der Waals surface area contributed by atoms with Crippen LogP contribution in [0.1, 0.15) is 90.9 Å². The van der Waals surface area contributed by atoms with Crippen LogP contribution in [0.5, 0.6) is 0 Å². The fraction of sp³-hybridized carbons (Fsp3) is 1.00. The van der Waals surface area contributed by atoms with Crippen molar-refractivity contribution in [2.45, 2.75) is 102 Å². The minimum Gasteiger partial charge on any atom is -0.748 e. The summed E-state index contributed by atoms with van der Waals surface area (Å²) in [6.07, 6.45) is 12.3. The number of hydrogen-bond acceptors (Lipinski definition) is 4. The van der Waals surface area contributed by atoms with Crippen LogP contribution in [0.2, 0.25) is 0 Å². The van der Waals surface area contributed by atoms with Crippen molar-refractivity contribution >= 4 is 10.1 Å². The van der Waals surface area contributed by atoms with Crippen LogP contribution in [0.15, 0.2) is 0 Å². The van der Waals surface area contributed by atoms with Gasteiger partial charge in [-0.25, -0.2) is 8.42 Å². The van der Waals surface area contributed by atoms with Crippen LogP contribution in [0, 0.1) is 0 Å². The number of aliphatic hydroxyl groups excluding tert-OH is 1. The Morgan fingerprint density at radius 3 is 1.73 bits per heavy atom. The van der Waals surface area contributed by atoms with E-state index in [1.165, 1.54) is 58.3 Å². The van der Waals surface area contributed by atoms with Gasteiger partial charge in [-0.05, 0) is 19.8 Å². The zero-order valence-corrected chi connectivity index (χ0v) is 18.7. The van der Waals surface area contributed by atoms with E-state index < -0.39 is 21.5 Å². The normalized spacial score (nSPS) is 14.4. The fourth-order valence-electron chi connectivity index (χ4n) is 2.49. The van der Waals surface area contributed by atoms with Crippen LogP contribution < -0.4 is 51.4 Å². The van der Waals surface area contributed by atoms with Crippen LogP contribution in [0.25, 0.3) is 0 Å². The van der Waals surface area contributed by atoms with E-state index in [4.69, 9.17) is 0 Å². The Kier molecular flexibility index (Phi) is 18.7. The molecule has 2 atom stereocenters. The molecule has 0 aromatic heterocycles. The van der Waals surface area contributed by atoms with Gasteiger partial charge in [0.25, 0.3) is 0 Å². The van der Waals surface area contributed by atoms with Crippen molar-refractivity contribution in [3.8, 4) is 0 Å². The van der Waals surface area contributed by atoms with E-state index >= 15 is 0 Å². The number of unbranched alkanes of at least 4 members (excludes halogenated alkanes) is 9. The van der Waals surface area contributed by atoms with E-state index in [2.05, 4.69) is 6.92 Å². The third-order valence-electron chi connectivity index (χ3n) is 3.99. The molecule has 0 aliphatic heterocycles. The standard InChI is InChI=1S/C16H34O4S.K/c1-3-4-5-6-7-8-9-10-11-12-13-16(17)14-15(2)21(18,19)20;/h15-17H,3-14H2,1-2H3,(H,18,19,20);/q;+1/p-1. The molecule has 0 rings (SSSR count). The first-order valence-electron chi connectivity index (χ1n) is 8.50. The molecule has 128 valence electrons. The summed E-state index contributed by atoms with van der Waals surface area (Å²) in [7, 11) is -4.26. The Labute approximate surface area is 180 Å². The number of rotatable bonds is 14.